The Balaban J connectivity index is 1.38. The van der Waals surface area contributed by atoms with Crippen molar-refractivity contribution in [1.29, 1.82) is 0 Å². The number of nitrogens with one attached hydrogen (secondary N) is 1. The molecule has 1 unspecified atom stereocenters. The molecule has 0 saturated carbocycles. The predicted octanol–water partition coefficient (Wildman–Crippen LogP) is 2.30. The third-order valence-electron chi connectivity index (χ3n) is 6.43. The second-order valence-electron chi connectivity index (χ2n) is 8.19. The first-order chi connectivity index (χ1) is 14.8. The number of fused-ring (bicyclic) bond motifs is 2. The fourth-order valence-corrected chi connectivity index (χ4v) is 4.73. The molecule has 1 saturated heterocycles. The molecule has 31 heavy (non-hydrogen) atoms. The summed E-state index contributed by atoms with van der Waals surface area (Å²) < 4.78 is 14.2. The number of piperidine rings is 1. The van der Waals surface area contributed by atoms with E-state index in [-0.39, 0.29) is 55.5 Å². The number of halogens is 1. The van der Waals surface area contributed by atoms with E-state index < -0.39 is 11.9 Å². The van der Waals surface area contributed by atoms with Gasteiger partial charge in [-0.3, -0.25) is 24.5 Å². The normalized spacial score (nSPS) is 22.5. The van der Waals surface area contributed by atoms with Crippen molar-refractivity contribution in [2.75, 3.05) is 0 Å². The number of imide groups is 1. The van der Waals surface area contributed by atoms with Gasteiger partial charge >= 0.3 is 0 Å². The Hall–Kier alpha value is -3.55. The van der Waals surface area contributed by atoms with Crippen LogP contribution in [0.2, 0.25) is 0 Å². The zero-order valence-corrected chi connectivity index (χ0v) is 16.9. The van der Waals surface area contributed by atoms with Crippen LogP contribution in [-0.4, -0.2) is 39.5 Å². The van der Waals surface area contributed by atoms with Crippen molar-refractivity contribution in [2.45, 2.75) is 44.9 Å². The lowest BCUT2D eigenvalue weighted by atomic mass is 10.0. The highest BCUT2D eigenvalue weighted by molar-refractivity contribution is 6.06. The Kier molecular flexibility index (Phi) is 4.39. The summed E-state index contributed by atoms with van der Waals surface area (Å²) in [6.45, 7) is 2.26. The maximum Gasteiger partial charge on any atom is 0.255 e. The van der Waals surface area contributed by atoms with E-state index in [1.165, 1.54) is 11.0 Å². The van der Waals surface area contributed by atoms with Gasteiger partial charge in [0.15, 0.2) is 0 Å². The molecule has 1 fully saturated rings. The quantitative estimate of drug-likeness (QED) is 0.754. The molecule has 2 aromatic rings. The van der Waals surface area contributed by atoms with Gasteiger partial charge in [0.1, 0.15) is 11.9 Å². The van der Waals surface area contributed by atoms with Crippen molar-refractivity contribution in [2.24, 2.45) is 0 Å². The number of carbonyl (C=O) groups is 4. The Morgan fingerprint density at radius 2 is 1.94 bits per heavy atom. The first kappa shape index (κ1) is 19.4. The van der Waals surface area contributed by atoms with Gasteiger partial charge in [-0.1, -0.05) is 12.1 Å². The molecule has 5 rings (SSSR count). The molecular weight excluding hydrogens is 401 g/mol. The van der Waals surface area contributed by atoms with Crippen molar-refractivity contribution in [1.82, 2.24) is 15.1 Å². The number of nitrogens with zero attached hydrogens (tertiary/aromatic N) is 2. The molecule has 0 radical (unpaired) electrons. The van der Waals surface area contributed by atoms with Gasteiger partial charge in [0.05, 0.1) is 6.04 Å². The Bertz CT molecular complexity index is 1160. The highest BCUT2D eigenvalue weighted by Gasteiger charge is 2.40. The lowest BCUT2D eigenvalue weighted by Gasteiger charge is -2.29. The SMILES string of the molecule is C[C@@H]1c2cccc(F)c2CN1C(=O)c1ccc2c(c1)CN(C1CCC(=O)NC1=O)C2=O. The summed E-state index contributed by atoms with van der Waals surface area (Å²) in [5.41, 5.74) is 2.86. The molecule has 8 heteroatoms. The summed E-state index contributed by atoms with van der Waals surface area (Å²) >= 11 is 0. The van der Waals surface area contributed by atoms with Crippen LogP contribution >= 0.6 is 0 Å². The van der Waals surface area contributed by atoms with Crippen molar-refractivity contribution < 1.29 is 23.6 Å². The minimum absolute atomic E-state index is 0.185. The number of rotatable bonds is 2. The number of carbonyl (C=O) groups excluding carboxylic acids is 4. The summed E-state index contributed by atoms with van der Waals surface area (Å²) in [6, 6.07) is 8.78. The average Bonchev–Trinajstić information content (AvgIpc) is 3.26. The molecule has 4 amide bonds. The summed E-state index contributed by atoms with van der Waals surface area (Å²) in [4.78, 5) is 52.7. The number of amides is 4. The van der Waals surface area contributed by atoms with Gasteiger partial charge in [-0.2, -0.15) is 0 Å². The van der Waals surface area contributed by atoms with E-state index in [1.807, 2.05) is 13.0 Å². The molecular formula is C23H20FN3O4. The van der Waals surface area contributed by atoms with E-state index >= 15 is 0 Å². The molecule has 2 atom stereocenters. The fraction of sp³-hybridized carbons (Fsp3) is 0.304. The molecule has 158 valence electrons. The zero-order chi connectivity index (χ0) is 21.9. The smallest absolute Gasteiger partial charge is 0.255 e. The zero-order valence-electron chi connectivity index (χ0n) is 16.9. The average molecular weight is 421 g/mol. The molecule has 7 nitrogen and oxygen atoms in total. The van der Waals surface area contributed by atoms with Gasteiger partial charge < -0.3 is 9.80 Å². The molecule has 3 heterocycles. The maximum absolute atomic E-state index is 14.2. The summed E-state index contributed by atoms with van der Waals surface area (Å²) in [5.74, 6) is -1.65. The van der Waals surface area contributed by atoms with Gasteiger partial charge in [0, 0.05) is 36.2 Å². The summed E-state index contributed by atoms with van der Waals surface area (Å²) in [5, 5.41) is 2.28. The molecule has 0 aromatic heterocycles. The second-order valence-corrected chi connectivity index (χ2v) is 8.19. The Labute approximate surface area is 177 Å². The van der Waals surface area contributed by atoms with Crippen LogP contribution < -0.4 is 5.32 Å². The molecule has 3 aliphatic rings. The van der Waals surface area contributed by atoms with Gasteiger partial charge in [-0.25, -0.2) is 4.39 Å². The Morgan fingerprint density at radius 3 is 2.68 bits per heavy atom. The molecule has 2 aromatic carbocycles. The second kappa shape index (κ2) is 7.01. The number of hydrogen-bond donors (Lipinski definition) is 1. The molecule has 0 spiro atoms. The van der Waals surface area contributed by atoms with Crippen LogP contribution in [0.15, 0.2) is 36.4 Å². The van der Waals surface area contributed by atoms with Crippen LogP contribution in [-0.2, 0) is 22.7 Å². The summed E-state index contributed by atoms with van der Waals surface area (Å²) in [7, 11) is 0. The van der Waals surface area contributed by atoms with Crippen LogP contribution in [0.1, 0.15) is 63.2 Å². The van der Waals surface area contributed by atoms with Gasteiger partial charge in [-0.15, -0.1) is 0 Å². The van der Waals surface area contributed by atoms with E-state index in [1.54, 1.807) is 29.2 Å². The third-order valence-corrected chi connectivity index (χ3v) is 6.43. The van der Waals surface area contributed by atoms with Crippen molar-refractivity contribution >= 4 is 23.6 Å². The molecule has 0 aliphatic carbocycles. The monoisotopic (exact) mass is 421 g/mol. The van der Waals surface area contributed by atoms with Crippen LogP contribution in [0.25, 0.3) is 0 Å². The number of hydrogen-bond acceptors (Lipinski definition) is 4. The van der Waals surface area contributed by atoms with E-state index in [0.717, 1.165) is 5.56 Å². The fourth-order valence-electron chi connectivity index (χ4n) is 4.73. The molecule has 1 N–H and O–H groups in total. The van der Waals surface area contributed by atoms with E-state index in [0.29, 0.717) is 22.3 Å². The lowest BCUT2D eigenvalue weighted by molar-refractivity contribution is -0.136. The van der Waals surface area contributed by atoms with Crippen molar-refractivity contribution in [3.05, 3.63) is 70.0 Å². The molecule has 0 bridgehead atoms. The maximum atomic E-state index is 14.2. The van der Waals surface area contributed by atoms with E-state index in [9.17, 15) is 23.6 Å². The van der Waals surface area contributed by atoms with Crippen LogP contribution in [0.5, 0.6) is 0 Å². The van der Waals surface area contributed by atoms with Crippen molar-refractivity contribution in [3.8, 4) is 0 Å². The third kappa shape index (κ3) is 3.01. The van der Waals surface area contributed by atoms with Gasteiger partial charge in [0.25, 0.3) is 11.8 Å². The van der Waals surface area contributed by atoms with Gasteiger partial charge in [0.2, 0.25) is 11.8 Å². The first-order valence-corrected chi connectivity index (χ1v) is 10.2. The topological polar surface area (TPSA) is 86.8 Å². The first-order valence-electron chi connectivity index (χ1n) is 10.2. The van der Waals surface area contributed by atoms with Crippen LogP contribution in [0, 0.1) is 5.82 Å². The summed E-state index contributed by atoms with van der Waals surface area (Å²) in [6.07, 6.45) is 0.468. The van der Waals surface area contributed by atoms with E-state index in [2.05, 4.69) is 5.32 Å². The van der Waals surface area contributed by atoms with E-state index in [4.69, 9.17) is 0 Å². The lowest BCUT2D eigenvalue weighted by Crippen LogP contribution is -2.52. The standard InChI is InChI=1S/C23H20FN3O4/c1-12-15-3-2-4-18(24)17(15)11-26(12)22(30)13-5-6-16-14(9-13)10-27(23(16)31)19-7-8-20(28)25-21(19)29/h2-6,9,12,19H,7-8,10-11H2,1H3,(H,25,28,29)/t12-,19?/m1/s1. The minimum atomic E-state index is -0.701. The minimum Gasteiger partial charge on any atom is -0.327 e. The van der Waals surface area contributed by atoms with Crippen LogP contribution in [0.3, 0.4) is 0 Å². The molecule has 3 aliphatic heterocycles. The van der Waals surface area contributed by atoms with Gasteiger partial charge in [-0.05, 0) is 48.7 Å². The predicted molar refractivity (Wildman–Crippen MR) is 107 cm³/mol. The Morgan fingerprint density at radius 1 is 1.13 bits per heavy atom. The number of benzene rings is 2. The highest BCUT2D eigenvalue weighted by atomic mass is 19.1. The van der Waals surface area contributed by atoms with Crippen LogP contribution in [0.4, 0.5) is 4.39 Å². The highest BCUT2D eigenvalue weighted by Crippen LogP contribution is 2.36. The van der Waals surface area contributed by atoms with Crippen molar-refractivity contribution in [3.63, 3.8) is 0 Å². The largest absolute Gasteiger partial charge is 0.327 e.